The number of carbonyl (C=O) groups is 3. The van der Waals surface area contributed by atoms with Crippen LogP contribution in [0.2, 0.25) is 0 Å². The van der Waals surface area contributed by atoms with E-state index in [-0.39, 0.29) is 11.6 Å². The molecule has 0 bridgehead atoms. The van der Waals surface area contributed by atoms with E-state index in [1.807, 2.05) is 52.0 Å². The van der Waals surface area contributed by atoms with Gasteiger partial charge in [-0.3, -0.25) is 19.8 Å². The van der Waals surface area contributed by atoms with Gasteiger partial charge in [0.1, 0.15) is 5.69 Å². The van der Waals surface area contributed by atoms with Gasteiger partial charge in [0.2, 0.25) is 0 Å². The number of halogens is 1. The molecule has 0 atom stereocenters. The van der Waals surface area contributed by atoms with E-state index in [0.29, 0.717) is 17.7 Å². The van der Waals surface area contributed by atoms with E-state index < -0.39 is 17.7 Å². The third-order valence-corrected chi connectivity index (χ3v) is 5.34. The van der Waals surface area contributed by atoms with Crippen LogP contribution in [0, 0.1) is 19.8 Å². The molecule has 3 aromatic rings. The summed E-state index contributed by atoms with van der Waals surface area (Å²) >= 11 is 3.42. The second kappa shape index (κ2) is 9.34. The minimum absolute atomic E-state index is 0.205. The number of benzene rings is 2. The summed E-state index contributed by atoms with van der Waals surface area (Å²) in [6.45, 7) is 8.22. The van der Waals surface area contributed by atoms with Crippen molar-refractivity contribution in [1.29, 1.82) is 0 Å². The number of carbonyl (C=O) groups excluding carboxylic acids is 3. The molecule has 1 heterocycles. The maximum atomic E-state index is 13.1. The van der Waals surface area contributed by atoms with Crippen LogP contribution in [0.5, 0.6) is 0 Å². The van der Waals surface area contributed by atoms with E-state index in [2.05, 4.69) is 32.0 Å². The first-order valence-electron chi connectivity index (χ1n) is 9.94. The Bertz CT molecular complexity index is 1170. The highest BCUT2D eigenvalue weighted by Crippen LogP contribution is 2.24. The minimum atomic E-state index is -0.846. The van der Waals surface area contributed by atoms with E-state index in [1.54, 1.807) is 18.2 Å². The average Bonchev–Trinajstić information content (AvgIpc) is 3.06. The van der Waals surface area contributed by atoms with Crippen LogP contribution in [-0.2, 0) is 9.59 Å². The number of hydrogen-bond acceptors (Lipinski definition) is 3. The molecule has 3 rings (SSSR count). The van der Waals surface area contributed by atoms with Gasteiger partial charge in [0.05, 0.1) is 5.52 Å². The van der Waals surface area contributed by atoms with Crippen LogP contribution in [0.15, 0.2) is 46.9 Å². The number of hydrogen-bond donors (Lipinski definition) is 3. The lowest BCUT2D eigenvalue weighted by atomic mass is 10.1. The monoisotopic (exact) mass is 484 g/mol. The standard InChI is InChI=1S/C23H25BrN4O3/c1-13(2)12-25-22(30)23(31)27-28-19-8-6-17(24)10-16(19)11-20(28)21(29)26-18-7-5-14(3)15(4)9-18/h5-11,13H,12H2,1-4H3,(H,25,30)(H,26,29)(H,27,31). The first kappa shape index (κ1) is 22.6. The molecule has 0 aliphatic heterocycles. The Morgan fingerprint density at radius 3 is 2.39 bits per heavy atom. The number of fused-ring (bicyclic) bond motifs is 1. The Balaban J connectivity index is 1.92. The van der Waals surface area contributed by atoms with Crippen molar-refractivity contribution in [3.63, 3.8) is 0 Å². The predicted molar refractivity (Wildman–Crippen MR) is 126 cm³/mol. The molecule has 3 N–H and O–H groups in total. The SMILES string of the molecule is Cc1ccc(NC(=O)c2cc3cc(Br)ccc3n2NC(=O)C(=O)NCC(C)C)cc1C. The first-order valence-corrected chi connectivity index (χ1v) is 10.7. The number of nitrogens with zero attached hydrogens (tertiary/aromatic N) is 1. The van der Waals surface area contributed by atoms with E-state index in [0.717, 1.165) is 21.0 Å². The maximum absolute atomic E-state index is 13.1. The zero-order valence-electron chi connectivity index (χ0n) is 17.9. The molecule has 31 heavy (non-hydrogen) atoms. The van der Waals surface area contributed by atoms with Crippen LogP contribution in [0.1, 0.15) is 35.5 Å². The van der Waals surface area contributed by atoms with Crippen LogP contribution >= 0.6 is 15.9 Å². The molecule has 162 valence electrons. The third kappa shape index (κ3) is 5.32. The summed E-state index contributed by atoms with van der Waals surface area (Å²) < 4.78 is 2.18. The highest BCUT2D eigenvalue weighted by Gasteiger charge is 2.21. The molecular weight excluding hydrogens is 460 g/mol. The van der Waals surface area contributed by atoms with Gasteiger partial charge >= 0.3 is 11.8 Å². The normalized spacial score (nSPS) is 10.9. The zero-order chi connectivity index (χ0) is 22.7. The van der Waals surface area contributed by atoms with Crippen molar-refractivity contribution in [2.24, 2.45) is 5.92 Å². The Kier molecular flexibility index (Phi) is 6.80. The molecule has 0 spiro atoms. The van der Waals surface area contributed by atoms with Crippen LogP contribution in [0.25, 0.3) is 10.9 Å². The van der Waals surface area contributed by atoms with E-state index in [9.17, 15) is 14.4 Å². The number of rotatable bonds is 5. The smallest absolute Gasteiger partial charge is 0.328 e. The van der Waals surface area contributed by atoms with Crippen LogP contribution in [-0.4, -0.2) is 28.9 Å². The summed E-state index contributed by atoms with van der Waals surface area (Å²) in [5, 5.41) is 6.18. The van der Waals surface area contributed by atoms with Crippen molar-refractivity contribution in [2.75, 3.05) is 17.3 Å². The quantitative estimate of drug-likeness (QED) is 0.475. The first-order chi connectivity index (χ1) is 14.7. The van der Waals surface area contributed by atoms with Gasteiger partial charge < -0.3 is 10.6 Å². The molecule has 2 aromatic carbocycles. The van der Waals surface area contributed by atoms with Crippen LogP contribution in [0.3, 0.4) is 0 Å². The molecule has 0 saturated carbocycles. The van der Waals surface area contributed by atoms with Crippen molar-refractivity contribution < 1.29 is 14.4 Å². The Morgan fingerprint density at radius 1 is 0.968 bits per heavy atom. The van der Waals surface area contributed by atoms with Gasteiger partial charge in [-0.05, 0) is 67.3 Å². The summed E-state index contributed by atoms with van der Waals surface area (Å²) in [6.07, 6.45) is 0. The summed E-state index contributed by atoms with van der Waals surface area (Å²) in [7, 11) is 0. The highest BCUT2D eigenvalue weighted by molar-refractivity contribution is 9.10. The maximum Gasteiger partial charge on any atom is 0.328 e. The van der Waals surface area contributed by atoms with Crippen molar-refractivity contribution >= 4 is 50.2 Å². The highest BCUT2D eigenvalue weighted by atomic mass is 79.9. The molecule has 0 fully saturated rings. The van der Waals surface area contributed by atoms with Crippen molar-refractivity contribution in [3.05, 3.63) is 63.8 Å². The molecule has 0 radical (unpaired) electrons. The summed E-state index contributed by atoms with van der Waals surface area (Å²) in [5.41, 5.74) is 6.17. The van der Waals surface area contributed by atoms with Crippen LogP contribution < -0.4 is 16.1 Å². The largest absolute Gasteiger partial charge is 0.348 e. The molecule has 8 heteroatoms. The molecular formula is C23H25BrN4O3. The van der Waals surface area contributed by atoms with E-state index >= 15 is 0 Å². The van der Waals surface area contributed by atoms with E-state index in [4.69, 9.17) is 0 Å². The van der Waals surface area contributed by atoms with Crippen molar-refractivity contribution in [1.82, 2.24) is 9.99 Å². The second-order valence-corrected chi connectivity index (χ2v) is 8.78. The molecule has 0 aliphatic rings. The summed E-state index contributed by atoms with van der Waals surface area (Å²) in [6, 6.07) is 12.7. The lowest BCUT2D eigenvalue weighted by Gasteiger charge is -2.13. The van der Waals surface area contributed by atoms with Crippen molar-refractivity contribution in [2.45, 2.75) is 27.7 Å². The molecule has 7 nitrogen and oxygen atoms in total. The summed E-state index contributed by atoms with van der Waals surface area (Å²) in [5.74, 6) is -1.80. The topological polar surface area (TPSA) is 92.2 Å². The molecule has 0 saturated heterocycles. The number of anilines is 1. The molecule has 3 amide bonds. The zero-order valence-corrected chi connectivity index (χ0v) is 19.5. The van der Waals surface area contributed by atoms with Gasteiger partial charge in [-0.1, -0.05) is 35.8 Å². The number of amides is 3. The van der Waals surface area contributed by atoms with Gasteiger partial charge in [0.25, 0.3) is 5.91 Å². The fraction of sp³-hybridized carbons (Fsp3) is 0.261. The van der Waals surface area contributed by atoms with Gasteiger partial charge in [-0.15, -0.1) is 0 Å². The van der Waals surface area contributed by atoms with Gasteiger partial charge in [-0.2, -0.15) is 0 Å². The Hall–Kier alpha value is -3.13. The third-order valence-electron chi connectivity index (χ3n) is 4.85. The van der Waals surface area contributed by atoms with Crippen LogP contribution in [0.4, 0.5) is 5.69 Å². The Morgan fingerprint density at radius 2 is 1.71 bits per heavy atom. The van der Waals surface area contributed by atoms with E-state index in [1.165, 1.54) is 4.68 Å². The number of aryl methyl sites for hydroxylation is 2. The lowest BCUT2D eigenvalue weighted by Crippen LogP contribution is -2.41. The molecule has 0 aliphatic carbocycles. The van der Waals surface area contributed by atoms with Crippen molar-refractivity contribution in [3.8, 4) is 0 Å². The fourth-order valence-electron chi connectivity index (χ4n) is 3.02. The minimum Gasteiger partial charge on any atom is -0.348 e. The van der Waals surface area contributed by atoms with Gasteiger partial charge in [0.15, 0.2) is 0 Å². The number of aromatic nitrogens is 1. The molecule has 1 aromatic heterocycles. The van der Waals surface area contributed by atoms with Gasteiger partial charge in [-0.25, -0.2) is 4.68 Å². The Labute approximate surface area is 189 Å². The van der Waals surface area contributed by atoms with Gasteiger partial charge in [0, 0.05) is 22.1 Å². The fourth-order valence-corrected chi connectivity index (χ4v) is 3.40. The predicted octanol–water partition coefficient (Wildman–Crippen LogP) is 4.12. The number of nitrogens with one attached hydrogen (secondary N) is 3. The summed E-state index contributed by atoms with van der Waals surface area (Å²) in [4.78, 5) is 37.7. The second-order valence-electron chi connectivity index (χ2n) is 7.87. The lowest BCUT2D eigenvalue weighted by molar-refractivity contribution is -0.136. The average molecular weight is 485 g/mol. The molecule has 0 unspecified atom stereocenters.